The molecule has 3 saturated carbocycles. The third-order valence-corrected chi connectivity index (χ3v) is 9.47. The highest BCUT2D eigenvalue weighted by Crippen LogP contribution is 2.69. The first kappa shape index (κ1) is 21.8. The summed E-state index contributed by atoms with van der Waals surface area (Å²) >= 11 is 0. The van der Waals surface area contributed by atoms with Gasteiger partial charge in [-0.05, 0) is 43.9 Å². The van der Waals surface area contributed by atoms with Crippen LogP contribution in [-0.2, 0) is 14.3 Å². The summed E-state index contributed by atoms with van der Waals surface area (Å²) in [5.41, 5.74) is -0.855. The van der Waals surface area contributed by atoms with E-state index in [2.05, 4.69) is 26.8 Å². The van der Waals surface area contributed by atoms with Crippen LogP contribution in [0.5, 0.6) is 0 Å². The molecule has 172 valence electrons. The second-order valence-corrected chi connectivity index (χ2v) is 10.9. The Morgan fingerprint density at radius 1 is 1.29 bits per heavy atom. The largest absolute Gasteiger partial charge is 0.393 e. The van der Waals surface area contributed by atoms with E-state index in [-0.39, 0.29) is 35.1 Å². The maximum absolute atomic E-state index is 13.2. The standard InChI is InChI=1S/C25H36O6/c1-4-5-21-30-20-11-17-16-7-6-14-10-15(27)8-9-23(14,2)22(16)18(28)12-24(17,3)25(20,31-21)19(29)13-26/h8-10,15-18,20-22,26-28H,4-7,11-13H2,1-3H3/t15?,16-,17-,18-,20+,21?,22+,23-,24-,25+/m0/s1. The summed E-state index contributed by atoms with van der Waals surface area (Å²) in [6.45, 7) is 5.74. The lowest BCUT2D eigenvalue weighted by Crippen LogP contribution is -2.63. The molecule has 4 aliphatic carbocycles. The molecule has 1 heterocycles. The Kier molecular flexibility index (Phi) is 5.08. The smallest absolute Gasteiger partial charge is 0.193 e. The van der Waals surface area contributed by atoms with Gasteiger partial charge in [0.05, 0.1) is 18.3 Å². The third-order valence-electron chi connectivity index (χ3n) is 9.47. The molecule has 2 unspecified atom stereocenters. The average molecular weight is 433 g/mol. The zero-order chi connectivity index (χ0) is 22.2. The van der Waals surface area contributed by atoms with Crippen molar-refractivity contribution in [3.8, 4) is 0 Å². The minimum absolute atomic E-state index is 0.0286. The Morgan fingerprint density at radius 2 is 2.06 bits per heavy atom. The summed E-state index contributed by atoms with van der Waals surface area (Å²) in [4.78, 5) is 13.2. The molecule has 1 saturated heterocycles. The lowest BCUT2D eigenvalue weighted by Gasteiger charge is -2.60. The number of Topliss-reactive ketones (excluding diaryl/α,β-unsaturated/α-hetero) is 1. The number of allylic oxidation sites excluding steroid dienone is 2. The van der Waals surface area contributed by atoms with Gasteiger partial charge in [-0.15, -0.1) is 0 Å². The molecule has 5 aliphatic rings. The van der Waals surface area contributed by atoms with Gasteiger partial charge >= 0.3 is 0 Å². The van der Waals surface area contributed by atoms with E-state index in [1.807, 2.05) is 12.2 Å². The van der Waals surface area contributed by atoms with Gasteiger partial charge in [0.2, 0.25) is 0 Å². The van der Waals surface area contributed by atoms with E-state index in [1.165, 1.54) is 5.57 Å². The van der Waals surface area contributed by atoms with E-state index >= 15 is 0 Å². The first-order valence-electron chi connectivity index (χ1n) is 12.0. The molecule has 10 atom stereocenters. The number of fused-ring (bicyclic) bond motifs is 7. The van der Waals surface area contributed by atoms with E-state index in [4.69, 9.17) is 9.47 Å². The minimum atomic E-state index is -1.19. The van der Waals surface area contributed by atoms with Crippen LogP contribution in [0.1, 0.15) is 59.3 Å². The molecule has 0 aromatic rings. The summed E-state index contributed by atoms with van der Waals surface area (Å²) in [6, 6.07) is 0. The molecule has 0 bridgehead atoms. The number of ether oxygens (including phenoxy) is 2. The SMILES string of the molecule is CCCC1O[C@@H]2C[C@H]3[C@@H]4CCC5=CC(O)C=C[C@]5(C)[C@H]4[C@@H](O)C[C@]3(C)[C@]2(C(=O)CO)O1. The molecule has 0 amide bonds. The van der Waals surface area contributed by atoms with Gasteiger partial charge in [-0.25, -0.2) is 0 Å². The summed E-state index contributed by atoms with van der Waals surface area (Å²) < 4.78 is 12.7. The van der Waals surface area contributed by atoms with Crippen LogP contribution in [0.2, 0.25) is 0 Å². The first-order chi connectivity index (χ1) is 14.7. The Balaban J connectivity index is 1.55. The predicted molar refractivity (Wildman–Crippen MR) is 114 cm³/mol. The molecular weight excluding hydrogens is 396 g/mol. The van der Waals surface area contributed by atoms with Crippen molar-refractivity contribution in [3.05, 3.63) is 23.8 Å². The Morgan fingerprint density at radius 3 is 2.77 bits per heavy atom. The number of hydrogen-bond acceptors (Lipinski definition) is 6. The first-order valence-corrected chi connectivity index (χ1v) is 12.0. The summed E-state index contributed by atoms with van der Waals surface area (Å²) in [5.74, 6) is 0.111. The number of hydrogen-bond donors (Lipinski definition) is 3. The van der Waals surface area contributed by atoms with Crippen LogP contribution in [0.15, 0.2) is 23.8 Å². The van der Waals surface area contributed by atoms with Crippen molar-refractivity contribution >= 4 is 5.78 Å². The molecular formula is C25H36O6. The zero-order valence-electron chi connectivity index (χ0n) is 18.8. The summed E-state index contributed by atoms with van der Waals surface area (Å²) in [5, 5.41) is 31.5. The van der Waals surface area contributed by atoms with Gasteiger partial charge in [0.1, 0.15) is 6.61 Å². The van der Waals surface area contributed by atoms with Crippen LogP contribution >= 0.6 is 0 Å². The maximum atomic E-state index is 13.2. The van der Waals surface area contributed by atoms with Crippen molar-refractivity contribution in [3.63, 3.8) is 0 Å². The third kappa shape index (κ3) is 2.72. The molecule has 0 aromatic carbocycles. The quantitative estimate of drug-likeness (QED) is 0.591. The van der Waals surface area contributed by atoms with Crippen molar-refractivity contribution in [2.24, 2.45) is 28.6 Å². The van der Waals surface area contributed by atoms with E-state index in [0.29, 0.717) is 12.8 Å². The van der Waals surface area contributed by atoms with Gasteiger partial charge in [-0.2, -0.15) is 0 Å². The van der Waals surface area contributed by atoms with E-state index in [9.17, 15) is 20.1 Å². The van der Waals surface area contributed by atoms with Gasteiger partial charge < -0.3 is 24.8 Å². The lowest BCUT2D eigenvalue weighted by atomic mass is 9.46. The topological polar surface area (TPSA) is 96.2 Å². The van der Waals surface area contributed by atoms with Crippen LogP contribution in [0.25, 0.3) is 0 Å². The van der Waals surface area contributed by atoms with Gasteiger partial charge in [-0.1, -0.05) is 51.0 Å². The number of carbonyl (C=O) groups excluding carboxylic acids is 1. The molecule has 31 heavy (non-hydrogen) atoms. The Hall–Kier alpha value is -1.05. The highest BCUT2D eigenvalue weighted by molar-refractivity contribution is 5.91. The van der Waals surface area contributed by atoms with Crippen LogP contribution in [0.3, 0.4) is 0 Å². The fourth-order valence-corrected chi connectivity index (χ4v) is 8.24. The van der Waals surface area contributed by atoms with Gasteiger partial charge in [0.15, 0.2) is 17.7 Å². The predicted octanol–water partition coefficient (Wildman–Crippen LogP) is 2.51. The van der Waals surface area contributed by atoms with Gasteiger partial charge in [0, 0.05) is 16.7 Å². The van der Waals surface area contributed by atoms with Crippen LogP contribution in [-0.4, -0.2) is 57.9 Å². The molecule has 5 rings (SSSR count). The van der Waals surface area contributed by atoms with Crippen molar-refractivity contribution in [2.45, 2.75) is 89.5 Å². The highest BCUT2D eigenvalue weighted by Gasteiger charge is 2.75. The molecule has 1 aliphatic heterocycles. The number of aliphatic hydroxyl groups excluding tert-OH is 3. The summed E-state index contributed by atoms with van der Waals surface area (Å²) in [6.07, 6.45) is 8.46. The monoisotopic (exact) mass is 432 g/mol. The number of rotatable bonds is 4. The van der Waals surface area contributed by atoms with Crippen LogP contribution in [0.4, 0.5) is 0 Å². The fraction of sp³-hybridized carbons (Fsp3) is 0.800. The average Bonchev–Trinajstić information content (AvgIpc) is 3.20. The molecule has 0 radical (unpaired) electrons. The van der Waals surface area contributed by atoms with Crippen molar-refractivity contribution in [1.29, 1.82) is 0 Å². The summed E-state index contributed by atoms with van der Waals surface area (Å²) in [7, 11) is 0. The number of aliphatic hydroxyl groups is 3. The molecule has 3 N–H and O–H groups in total. The van der Waals surface area contributed by atoms with Gasteiger partial charge in [-0.3, -0.25) is 4.79 Å². The van der Waals surface area contributed by atoms with E-state index in [0.717, 1.165) is 25.7 Å². The van der Waals surface area contributed by atoms with Crippen molar-refractivity contribution in [1.82, 2.24) is 0 Å². The normalized spacial score (nSPS) is 52.7. The lowest BCUT2D eigenvalue weighted by molar-refractivity contribution is -0.200. The number of carbonyl (C=O) groups is 1. The maximum Gasteiger partial charge on any atom is 0.193 e. The second kappa shape index (κ2) is 7.22. The molecule has 0 spiro atoms. The van der Waals surface area contributed by atoms with E-state index in [1.54, 1.807) is 0 Å². The number of ketones is 1. The fourth-order valence-electron chi connectivity index (χ4n) is 8.24. The van der Waals surface area contributed by atoms with Crippen molar-refractivity contribution in [2.75, 3.05) is 6.61 Å². The van der Waals surface area contributed by atoms with E-state index < -0.39 is 36.1 Å². The zero-order valence-corrected chi connectivity index (χ0v) is 18.8. The Bertz CT molecular complexity index is 821. The minimum Gasteiger partial charge on any atom is -0.393 e. The Labute approximate surface area is 184 Å². The van der Waals surface area contributed by atoms with Crippen molar-refractivity contribution < 1.29 is 29.6 Å². The van der Waals surface area contributed by atoms with Gasteiger partial charge in [0.25, 0.3) is 0 Å². The highest BCUT2D eigenvalue weighted by atomic mass is 16.7. The van der Waals surface area contributed by atoms with Crippen LogP contribution < -0.4 is 0 Å². The second-order valence-electron chi connectivity index (χ2n) is 10.9. The van der Waals surface area contributed by atoms with Crippen LogP contribution in [0, 0.1) is 28.6 Å². The molecule has 0 aromatic heterocycles. The molecule has 4 fully saturated rings. The molecule has 6 nitrogen and oxygen atoms in total. The molecule has 6 heteroatoms.